The zero-order chi connectivity index (χ0) is 9.76. The van der Waals surface area contributed by atoms with Crippen LogP contribution in [0.1, 0.15) is 20.3 Å². The Morgan fingerprint density at radius 3 is 2.93 bits per heavy atom. The molecule has 0 radical (unpaired) electrons. The molecule has 3 rings (SSSR count). The zero-order valence-corrected chi connectivity index (χ0v) is 8.66. The number of fused-ring (bicyclic) bond motifs is 1. The molecule has 0 aliphatic carbocycles. The van der Waals surface area contributed by atoms with Gasteiger partial charge in [-0.25, -0.2) is 0 Å². The summed E-state index contributed by atoms with van der Waals surface area (Å²) in [6.45, 7) is 7.07. The molecule has 0 aromatic heterocycles. The van der Waals surface area contributed by atoms with Crippen LogP contribution in [0.2, 0.25) is 0 Å². The molecule has 3 heterocycles. The number of hydrogen-bond donors (Lipinski definition) is 0. The molecule has 1 spiro atoms. The van der Waals surface area contributed by atoms with Gasteiger partial charge in [0, 0.05) is 24.6 Å². The average Bonchev–Trinajstić information content (AvgIpc) is 2.75. The molecule has 1 atom stereocenters. The van der Waals surface area contributed by atoms with Crippen LogP contribution in [0.25, 0.3) is 0 Å². The molecule has 3 aliphatic rings. The topological polar surface area (TPSA) is 40.5 Å². The molecule has 0 aromatic rings. The molecule has 0 N–H and O–H groups in total. The van der Waals surface area contributed by atoms with Gasteiger partial charge in [-0.3, -0.25) is 0 Å². The Morgan fingerprint density at radius 2 is 2.29 bits per heavy atom. The fourth-order valence-electron chi connectivity index (χ4n) is 2.35. The van der Waals surface area contributed by atoms with Gasteiger partial charge in [-0.15, -0.1) is 5.11 Å². The fourth-order valence-corrected chi connectivity index (χ4v) is 2.35. The SMILES string of the molecule is CC(C)N1CCC2(CO2)C2=C1N=NC2. The van der Waals surface area contributed by atoms with Gasteiger partial charge in [0.05, 0.1) is 13.2 Å². The number of rotatable bonds is 1. The van der Waals surface area contributed by atoms with Crippen molar-refractivity contribution in [2.45, 2.75) is 31.9 Å². The third-order valence-electron chi connectivity index (χ3n) is 3.36. The molecule has 0 aromatic carbocycles. The van der Waals surface area contributed by atoms with Gasteiger partial charge < -0.3 is 9.64 Å². The van der Waals surface area contributed by atoms with Crippen LogP contribution in [-0.4, -0.2) is 36.2 Å². The summed E-state index contributed by atoms with van der Waals surface area (Å²) < 4.78 is 5.57. The number of hydrogen-bond acceptors (Lipinski definition) is 4. The second-order valence-corrected chi connectivity index (χ2v) is 4.52. The minimum absolute atomic E-state index is 0.0459. The van der Waals surface area contributed by atoms with Crippen LogP contribution < -0.4 is 0 Å². The number of azo groups is 1. The van der Waals surface area contributed by atoms with Crippen LogP contribution in [0.15, 0.2) is 21.6 Å². The molecule has 0 amide bonds. The van der Waals surface area contributed by atoms with Gasteiger partial charge >= 0.3 is 0 Å². The lowest BCUT2D eigenvalue weighted by molar-refractivity contribution is 0.207. The number of nitrogens with zero attached hydrogens (tertiary/aromatic N) is 3. The molecule has 3 aliphatic heterocycles. The van der Waals surface area contributed by atoms with E-state index in [1.807, 2.05) is 0 Å². The van der Waals surface area contributed by atoms with Gasteiger partial charge in [-0.05, 0) is 13.8 Å². The summed E-state index contributed by atoms with van der Waals surface area (Å²) in [5, 5.41) is 8.37. The Morgan fingerprint density at radius 1 is 1.50 bits per heavy atom. The quantitative estimate of drug-likeness (QED) is 0.593. The van der Waals surface area contributed by atoms with E-state index in [2.05, 4.69) is 29.0 Å². The van der Waals surface area contributed by atoms with E-state index in [1.54, 1.807) is 0 Å². The first-order valence-corrected chi connectivity index (χ1v) is 5.25. The molecule has 4 heteroatoms. The number of epoxide rings is 1. The Bertz CT molecular complexity index is 328. The summed E-state index contributed by atoms with van der Waals surface area (Å²) in [6, 6.07) is 0.508. The lowest BCUT2D eigenvalue weighted by Crippen LogP contribution is -2.39. The van der Waals surface area contributed by atoms with Gasteiger partial charge in [-0.1, -0.05) is 0 Å². The van der Waals surface area contributed by atoms with Crippen molar-refractivity contribution in [2.75, 3.05) is 19.7 Å². The van der Waals surface area contributed by atoms with Gasteiger partial charge in [0.1, 0.15) is 5.60 Å². The first-order chi connectivity index (χ1) is 6.73. The molecule has 0 bridgehead atoms. The lowest BCUT2D eigenvalue weighted by atomic mass is 9.92. The summed E-state index contributed by atoms with van der Waals surface area (Å²) >= 11 is 0. The average molecular weight is 193 g/mol. The Kier molecular flexibility index (Phi) is 1.54. The Labute approximate surface area is 83.6 Å². The first-order valence-electron chi connectivity index (χ1n) is 5.25. The van der Waals surface area contributed by atoms with E-state index in [1.165, 1.54) is 5.57 Å². The molecular formula is C10H15N3O. The van der Waals surface area contributed by atoms with Crippen LogP contribution in [0.4, 0.5) is 0 Å². The zero-order valence-electron chi connectivity index (χ0n) is 8.66. The van der Waals surface area contributed by atoms with Crippen LogP contribution in [0.3, 0.4) is 0 Å². The maximum atomic E-state index is 5.57. The third-order valence-corrected chi connectivity index (χ3v) is 3.36. The fraction of sp³-hybridized carbons (Fsp3) is 0.800. The molecule has 1 fully saturated rings. The summed E-state index contributed by atoms with van der Waals surface area (Å²) in [7, 11) is 0. The van der Waals surface area contributed by atoms with Crippen LogP contribution in [-0.2, 0) is 4.74 Å². The summed E-state index contributed by atoms with van der Waals surface area (Å²) in [5.74, 6) is 1.09. The highest BCUT2D eigenvalue weighted by atomic mass is 16.6. The second kappa shape index (κ2) is 2.57. The van der Waals surface area contributed by atoms with Crippen molar-refractivity contribution >= 4 is 0 Å². The van der Waals surface area contributed by atoms with E-state index in [0.717, 1.165) is 31.9 Å². The molecule has 76 valence electrons. The molecule has 1 saturated heterocycles. The predicted molar refractivity (Wildman–Crippen MR) is 51.9 cm³/mol. The van der Waals surface area contributed by atoms with Crippen LogP contribution in [0.5, 0.6) is 0 Å². The van der Waals surface area contributed by atoms with E-state index in [0.29, 0.717) is 6.04 Å². The minimum atomic E-state index is 0.0459. The van der Waals surface area contributed by atoms with Crippen molar-refractivity contribution in [3.8, 4) is 0 Å². The molecule has 4 nitrogen and oxygen atoms in total. The molecular weight excluding hydrogens is 178 g/mol. The normalized spacial score (nSPS) is 34.6. The van der Waals surface area contributed by atoms with E-state index in [9.17, 15) is 0 Å². The first kappa shape index (κ1) is 8.41. The smallest absolute Gasteiger partial charge is 0.155 e. The number of ether oxygens (including phenoxy) is 1. The van der Waals surface area contributed by atoms with Crippen LogP contribution >= 0.6 is 0 Å². The van der Waals surface area contributed by atoms with Crippen molar-refractivity contribution in [1.82, 2.24) is 4.90 Å². The van der Waals surface area contributed by atoms with E-state index in [-0.39, 0.29) is 5.60 Å². The maximum absolute atomic E-state index is 5.57. The monoisotopic (exact) mass is 193 g/mol. The second-order valence-electron chi connectivity index (χ2n) is 4.52. The van der Waals surface area contributed by atoms with Gasteiger partial charge in [0.15, 0.2) is 5.82 Å². The van der Waals surface area contributed by atoms with Crippen LogP contribution in [0, 0.1) is 0 Å². The molecule has 1 unspecified atom stereocenters. The summed E-state index contributed by atoms with van der Waals surface area (Å²) in [4.78, 5) is 2.33. The third kappa shape index (κ3) is 0.974. The predicted octanol–water partition coefficient (Wildman–Crippen LogP) is 1.55. The van der Waals surface area contributed by atoms with Crippen molar-refractivity contribution in [2.24, 2.45) is 10.2 Å². The summed E-state index contributed by atoms with van der Waals surface area (Å²) in [5.41, 5.74) is 1.36. The largest absolute Gasteiger partial charge is 0.365 e. The summed E-state index contributed by atoms with van der Waals surface area (Å²) in [6.07, 6.45) is 1.11. The Hall–Kier alpha value is -0.900. The van der Waals surface area contributed by atoms with E-state index in [4.69, 9.17) is 4.74 Å². The molecule has 0 saturated carbocycles. The van der Waals surface area contributed by atoms with Gasteiger partial charge in [-0.2, -0.15) is 5.11 Å². The van der Waals surface area contributed by atoms with Crippen molar-refractivity contribution < 1.29 is 4.74 Å². The highest BCUT2D eigenvalue weighted by Gasteiger charge is 2.53. The van der Waals surface area contributed by atoms with E-state index >= 15 is 0 Å². The standard InChI is InChI=1S/C10H15N3O/c1-7(2)13-4-3-10(6-14-10)8-5-11-12-9(8)13/h7H,3-6H2,1-2H3. The highest BCUT2D eigenvalue weighted by molar-refractivity contribution is 5.34. The van der Waals surface area contributed by atoms with E-state index < -0.39 is 0 Å². The van der Waals surface area contributed by atoms with Gasteiger partial charge in [0.2, 0.25) is 0 Å². The minimum Gasteiger partial charge on any atom is -0.365 e. The van der Waals surface area contributed by atoms with Crippen molar-refractivity contribution in [3.05, 3.63) is 11.4 Å². The Balaban J connectivity index is 1.99. The van der Waals surface area contributed by atoms with Crippen molar-refractivity contribution in [3.63, 3.8) is 0 Å². The maximum Gasteiger partial charge on any atom is 0.155 e. The molecule has 14 heavy (non-hydrogen) atoms. The van der Waals surface area contributed by atoms with Crippen molar-refractivity contribution in [1.29, 1.82) is 0 Å². The van der Waals surface area contributed by atoms with Gasteiger partial charge in [0.25, 0.3) is 0 Å². The highest BCUT2D eigenvalue weighted by Crippen LogP contribution is 2.46. The lowest BCUT2D eigenvalue weighted by Gasteiger charge is -2.34.